The highest BCUT2D eigenvalue weighted by Gasteiger charge is 2.40. The number of benzene rings is 2. The van der Waals surface area contributed by atoms with Crippen molar-refractivity contribution >= 4 is 28.5 Å². The van der Waals surface area contributed by atoms with Gasteiger partial charge in [-0.3, -0.25) is 0 Å². The highest BCUT2D eigenvalue weighted by atomic mass is 35.5. The summed E-state index contributed by atoms with van der Waals surface area (Å²) >= 11 is 5.75. The molecule has 164 valence electrons. The largest absolute Gasteiger partial charge is 0.416 e. The minimum absolute atomic E-state index is 0.125. The smallest absolute Gasteiger partial charge is 0.182 e. The minimum Gasteiger partial charge on any atom is -0.182 e. The molecule has 0 atom stereocenters. The third-order valence-corrected chi connectivity index (χ3v) is 4.31. The Hall–Kier alpha value is -2.05. The molecular formula is C16H6BClF12. The van der Waals surface area contributed by atoms with Gasteiger partial charge in [-0.1, -0.05) is 35.2 Å². The van der Waals surface area contributed by atoms with Crippen molar-refractivity contribution in [2.24, 2.45) is 0 Å². The Kier molecular flexibility index (Phi) is 6.12. The normalized spacial score (nSPS) is 13.5. The van der Waals surface area contributed by atoms with Gasteiger partial charge in [0.1, 0.15) is 0 Å². The number of rotatable bonds is 2. The molecule has 0 aliphatic carbocycles. The molecule has 2 aromatic rings. The molecule has 2 aromatic carbocycles. The molecule has 0 amide bonds. The first-order chi connectivity index (χ1) is 13.3. The second kappa shape index (κ2) is 7.58. The monoisotopic (exact) mass is 472 g/mol. The summed E-state index contributed by atoms with van der Waals surface area (Å²) in [6, 6.07) is 0.00248. The first kappa shape index (κ1) is 24.2. The quantitative estimate of drug-likeness (QED) is 0.366. The van der Waals surface area contributed by atoms with Gasteiger partial charge in [0.15, 0.2) is 0 Å². The van der Waals surface area contributed by atoms with Gasteiger partial charge in [-0.2, -0.15) is 64.1 Å². The number of hydrogen-bond donors (Lipinski definition) is 0. The maximum Gasteiger partial charge on any atom is 0.416 e. The predicted octanol–water partition coefficient (Wildman–Crippen LogP) is 6.11. The van der Waals surface area contributed by atoms with Crippen LogP contribution in [0.25, 0.3) is 0 Å². The zero-order valence-corrected chi connectivity index (χ0v) is 14.7. The van der Waals surface area contributed by atoms with E-state index >= 15 is 0 Å². The van der Waals surface area contributed by atoms with E-state index in [0.717, 1.165) is 0 Å². The van der Waals surface area contributed by atoms with Gasteiger partial charge >= 0.3 is 30.8 Å². The molecule has 0 aliphatic heterocycles. The Morgan fingerprint density at radius 3 is 0.800 bits per heavy atom. The third kappa shape index (κ3) is 5.55. The summed E-state index contributed by atoms with van der Waals surface area (Å²) in [5.41, 5.74) is -9.23. The van der Waals surface area contributed by atoms with Crippen molar-refractivity contribution in [2.45, 2.75) is 24.7 Å². The van der Waals surface area contributed by atoms with Crippen LogP contribution < -0.4 is 10.9 Å². The minimum atomic E-state index is -5.28. The van der Waals surface area contributed by atoms with Crippen LogP contribution in [0.1, 0.15) is 22.3 Å². The summed E-state index contributed by atoms with van der Waals surface area (Å²) < 4.78 is 155. The fraction of sp³-hybridized carbons (Fsp3) is 0.250. The lowest BCUT2D eigenvalue weighted by Crippen LogP contribution is -2.39. The van der Waals surface area contributed by atoms with Gasteiger partial charge in [0.05, 0.1) is 22.3 Å². The summed E-state index contributed by atoms with van der Waals surface area (Å²) in [6.07, 6.45) is -23.3. The average molecular weight is 472 g/mol. The summed E-state index contributed by atoms with van der Waals surface area (Å²) in [5, 5.41) is 0. The van der Waals surface area contributed by atoms with Crippen LogP contribution in [-0.4, -0.2) is 6.13 Å². The lowest BCUT2D eigenvalue weighted by molar-refractivity contribution is -0.144. The number of halogens is 13. The van der Waals surface area contributed by atoms with E-state index in [1.807, 2.05) is 0 Å². The van der Waals surface area contributed by atoms with Crippen molar-refractivity contribution < 1.29 is 52.7 Å². The second-order valence-electron chi connectivity index (χ2n) is 6.04. The maximum absolute atomic E-state index is 12.9. The SMILES string of the molecule is FC(F)(F)c1cc(B(Cl)c2cc(C(F)(F)F)cc(C(F)(F)F)c2)cc(C(F)(F)F)c1. The maximum atomic E-state index is 12.9. The van der Waals surface area contributed by atoms with Crippen LogP contribution in [0.15, 0.2) is 36.4 Å². The van der Waals surface area contributed by atoms with Crippen molar-refractivity contribution in [1.29, 1.82) is 0 Å². The molecule has 2 rings (SSSR count). The van der Waals surface area contributed by atoms with E-state index in [0.29, 0.717) is 0 Å². The molecule has 30 heavy (non-hydrogen) atoms. The van der Waals surface area contributed by atoms with Gasteiger partial charge < -0.3 is 0 Å². The van der Waals surface area contributed by atoms with Crippen molar-refractivity contribution in [1.82, 2.24) is 0 Å². The molecule has 0 spiro atoms. The lowest BCUT2D eigenvalue weighted by Gasteiger charge is -2.18. The first-order valence-corrected chi connectivity index (χ1v) is 7.96. The van der Waals surface area contributed by atoms with E-state index in [-0.39, 0.29) is 36.4 Å². The topological polar surface area (TPSA) is 0 Å². The molecule has 0 aliphatic rings. The standard InChI is InChI=1S/C16H6BClF12/c18-17(11-3-7(13(19,20)21)1-8(4-11)14(22,23)24)12-5-9(15(25,26)27)2-10(6-12)16(28,29)30/h1-6H. The third-order valence-electron chi connectivity index (χ3n) is 3.81. The number of hydrogen-bond acceptors (Lipinski definition) is 0. The van der Waals surface area contributed by atoms with Crippen LogP contribution in [0, 0.1) is 0 Å². The molecule has 0 fully saturated rings. The van der Waals surface area contributed by atoms with E-state index in [9.17, 15) is 52.7 Å². The fourth-order valence-electron chi connectivity index (χ4n) is 2.44. The van der Waals surface area contributed by atoms with E-state index in [2.05, 4.69) is 0 Å². The fourth-order valence-corrected chi connectivity index (χ4v) is 2.70. The molecule has 0 bridgehead atoms. The summed E-state index contributed by atoms with van der Waals surface area (Å²) in [4.78, 5) is 0. The zero-order chi connectivity index (χ0) is 23.3. The lowest BCUT2D eigenvalue weighted by atomic mass is 9.61. The Morgan fingerprint density at radius 1 is 0.433 bits per heavy atom. The molecule has 0 saturated carbocycles. The van der Waals surface area contributed by atoms with Crippen molar-refractivity contribution in [3.63, 3.8) is 0 Å². The van der Waals surface area contributed by atoms with Crippen LogP contribution in [0.3, 0.4) is 0 Å². The van der Waals surface area contributed by atoms with Crippen LogP contribution in [0.4, 0.5) is 52.7 Å². The molecule has 0 heterocycles. The Morgan fingerprint density at radius 2 is 0.633 bits per heavy atom. The molecule has 0 unspecified atom stereocenters. The second-order valence-corrected chi connectivity index (χ2v) is 6.48. The highest BCUT2D eigenvalue weighted by molar-refractivity contribution is 7.21. The molecular weight excluding hydrogens is 466 g/mol. The molecule has 0 radical (unpaired) electrons. The summed E-state index contributed by atoms with van der Waals surface area (Å²) in [5.74, 6) is 0. The highest BCUT2D eigenvalue weighted by Crippen LogP contribution is 2.36. The van der Waals surface area contributed by atoms with Crippen molar-refractivity contribution in [3.05, 3.63) is 58.7 Å². The van der Waals surface area contributed by atoms with E-state index in [1.54, 1.807) is 0 Å². The molecule has 0 aromatic heterocycles. The Bertz CT molecular complexity index is 784. The van der Waals surface area contributed by atoms with E-state index in [1.165, 1.54) is 0 Å². The zero-order valence-electron chi connectivity index (χ0n) is 14.0. The Balaban J connectivity index is 2.72. The molecule has 0 N–H and O–H groups in total. The van der Waals surface area contributed by atoms with Gasteiger partial charge in [0.25, 0.3) is 0 Å². The van der Waals surface area contributed by atoms with Crippen LogP contribution in [-0.2, 0) is 24.7 Å². The van der Waals surface area contributed by atoms with E-state index < -0.39 is 64.0 Å². The van der Waals surface area contributed by atoms with Crippen molar-refractivity contribution in [2.75, 3.05) is 0 Å². The molecule has 0 nitrogen and oxygen atoms in total. The van der Waals surface area contributed by atoms with Gasteiger partial charge in [-0.25, -0.2) is 0 Å². The first-order valence-electron chi connectivity index (χ1n) is 7.53. The average Bonchev–Trinajstić information content (AvgIpc) is 2.57. The molecule has 0 saturated heterocycles. The van der Waals surface area contributed by atoms with Crippen LogP contribution in [0.5, 0.6) is 0 Å². The van der Waals surface area contributed by atoms with Gasteiger partial charge in [-0.15, -0.1) is 0 Å². The summed E-state index contributed by atoms with van der Waals surface area (Å²) in [7, 11) is 0. The molecule has 14 heteroatoms. The predicted molar refractivity (Wildman–Crippen MR) is 83.8 cm³/mol. The van der Waals surface area contributed by atoms with Crippen LogP contribution >= 0.6 is 11.5 Å². The Labute approximate surface area is 165 Å². The van der Waals surface area contributed by atoms with Gasteiger partial charge in [0, 0.05) is 0 Å². The van der Waals surface area contributed by atoms with Crippen molar-refractivity contribution in [3.8, 4) is 0 Å². The summed E-state index contributed by atoms with van der Waals surface area (Å²) in [6.45, 7) is 0. The number of alkyl halides is 12. The van der Waals surface area contributed by atoms with Crippen LogP contribution in [0.2, 0.25) is 0 Å². The van der Waals surface area contributed by atoms with Gasteiger partial charge in [0.2, 0.25) is 0 Å². The van der Waals surface area contributed by atoms with E-state index in [4.69, 9.17) is 11.5 Å². The van der Waals surface area contributed by atoms with Gasteiger partial charge in [-0.05, 0) is 12.1 Å².